The Hall–Kier alpha value is -0.770. The first-order chi connectivity index (χ1) is 9.21. The average Bonchev–Trinajstić information content (AvgIpc) is 2.33. The van der Waals surface area contributed by atoms with Crippen molar-refractivity contribution < 1.29 is 9.53 Å². The van der Waals surface area contributed by atoms with E-state index in [0.717, 1.165) is 32.5 Å². The number of hydrogen-bond acceptors (Lipinski definition) is 3. The van der Waals surface area contributed by atoms with Gasteiger partial charge in [-0.2, -0.15) is 0 Å². The standard InChI is InChI=1S/C16H32N2O2/c1-7-13-8-14(17-9-12(2)3)11-18(10-13)15(19)20-16(4,5)6/h12-14,17H,7-11H2,1-6H3. The van der Waals surface area contributed by atoms with Crippen molar-refractivity contribution in [2.75, 3.05) is 19.6 Å². The van der Waals surface area contributed by atoms with Crippen LogP contribution in [0.1, 0.15) is 54.4 Å². The van der Waals surface area contributed by atoms with E-state index >= 15 is 0 Å². The van der Waals surface area contributed by atoms with Crippen molar-refractivity contribution in [3.63, 3.8) is 0 Å². The van der Waals surface area contributed by atoms with Gasteiger partial charge in [0, 0.05) is 19.1 Å². The average molecular weight is 284 g/mol. The minimum absolute atomic E-state index is 0.174. The van der Waals surface area contributed by atoms with Crippen molar-refractivity contribution >= 4 is 6.09 Å². The van der Waals surface area contributed by atoms with Crippen LogP contribution in [0, 0.1) is 11.8 Å². The van der Waals surface area contributed by atoms with E-state index in [1.807, 2.05) is 25.7 Å². The van der Waals surface area contributed by atoms with Crippen LogP contribution in [0.25, 0.3) is 0 Å². The molecule has 2 unspecified atom stereocenters. The monoisotopic (exact) mass is 284 g/mol. The number of piperidine rings is 1. The molecule has 20 heavy (non-hydrogen) atoms. The molecule has 0 aromatic carbocycles. The third-order valence-electron chi connectivity index (χ3n) is 3.58. The van der Waals surface area contributed by atoms with Gasteiger partial charge in [-0.05, 0) is 45.6 Å². The smallest absolute Gasteiger partial charge is 0.410 e. The molecule has 118 valence electrons. The molecule has 1 fully saturated rings. The second kappa shape index (κ2) is 7.30. The van der Waals surface area contributed by atoms with Crippen molar-refractivity contribution in [1.29, 1.82) is 0 Å². The van der Waals surface area contributed by atoms with Crippen LogP contribution < -0.4 is 5.32 Å². The van der Waals surface area contributed by atoms with Crippen molar-refractivity contribution in [2.24, 2.45) is 11.8 Å². The fraction of sp³-hybridized carbons (Fsp3) is 0.938. The number of amides is 1. The molecular weight excluding hydrogens is 252 g/mol. The lowest BCUT2D eigenvalue weighted by Crippen LogP contribution is -2.52. The lowest BCUT2D eigenvalue weighted by molar-refractivity contribution is 0.0124. The molecule has 0 aromatic rings. The zero-order chi connectivity index (χ0) is 15.3. The molecule has 1 heterocycles. The molecule has 1 rings (SSSR count). The summed E-state index contributed by atoms with van der Waals surface area (Å²) in [5.74, 6) is 1.20. The normalized spacial score (nSPS) is 24.1. The quantitative estimate of drug-likeness (QED) is 0.861. The van der Waals surface area contributed by atoms with Crippen LogP contribution in [-0.4, -0.2) is 42.3 Å². The zero-order valence-corrected chi connectivity index (χ0v) is 14.0. The van der Waals surface area contributed by atoms with E-state index in [1.165, 1.54) is 0 Å². The Morgan fingerprint density at radius 1 is 1.35 bits per heavy atom. The van der Waals surface area contributed by atoms with E-state index in [0.29, 0.717) is 17.9 Å². The molecule has 0 bridgehead atoms. The van der Waals surface area contributed by atoms with Gasteiger partial charge in [0.15, 0.2) is 0 Å². The molecule has 0 aliphatic carbocycles. The van der Waals surface area contributed by atoms with Crippen LogP contribution in [0.15, 0.2) is 0 Å². The van der Waals surface area contributed by atoms with E-state index in [-0.39, 0.29) is 6.09 Å². The van der Waals surface area contributed by atoms with E-state index in [9.17, 15) is 4.79 Å². The molecule has 2 atom stereocenters. The number of hydrogen-bond donors (Lipinski definition) is 1. The number of rotatable bonds is 4. The van der Waals surface area contributed by atoms with Crippen molar-refractivity contribution in [3.8, 4) is 0 Å². The molecule has 1 aliphatic heterocycles. The van der Waals surface area contributed by atoms with Gasteiger partial charge in [-0.3, -0.25) is 0 Å². The highest BCUT2D eigenvalue weighted by atomic mass is 16.6. The molecule has 0 spiro atoms. The number of carbonyl (C=O) groups is 1. The highest BCUT2D eigenvalue weighted by Crippen LogP contribution is 2.22. The fourth-order valence-electron chi connectivity index (χ4n) is 2.53. The predicted octanol–water partition coefficient (Wildman–Crippen LogP) is 3.27. The van der Waals surface area contributed by atoms with E-state index in [4.69, 9.17) is 4.74 Å². The minimum atomic E-state index is -0.420. The molecule has 0 radical (unpaired) electrons. The number of likely N-dealkylation sites (tertiary alicyclic amines) is 1. The van der Waals surface area contributed by atoms with Gasteiger partial charge in [-0.25, -0.2) is 4.79 Å². The van der Waals surface area contributed by atoms with Crippen molar-refractivity contribution in [1.82, 2.24) is 10.2 Å². The summed E-state index contributed by atoms with van der Waals surface area (Å²) in [7, 11) is 0. The van der Waals surface area contributed by atoms with E-state index < -0.39 is 5.60 Å². The Morgan fingerprint density at radius 3 is 2.50 bits per heavy atom. The summed E-state index contributed by atoms with van der Waals surface area (Å²) in [6.07, 6.45) is 2.09. The Labute approximate surface area is 124 Å². The molecule has 1 aliphatic rings. The zero-order valence-electron chi connectivity index (χ0n) is 14.0. The molecule has 0 aromatic heterocycles. The maximum atomic E-state index is 12.2. The van der Waals surface area contributed by atoms with Gasteiger partial charge in [-0.15, -0.1) is 0 Å². The van der Waals surface area contributed by atoms with E-state index in [1.54, 1.807) is 0 Å². The summed E-state index contributed by atoms with van der Waals surface area (Å²) in [6.45, 7) is 15.0. The van der Waals surface area contributed by atoms with Crippen LogP contribution in [0.4, 0.5) is 4.79 Å². The number of ether oxygens (including phenoxy) is 1. The first-order valence-electron chi connectivity index (χ1n) is 7.92. The van der Waals surface area contributed by atoms with Gasteiger partial charge in [-0.1, -0.05) is 27.2 Å². The first-order valence-corrected chi connectivity index (χ1v) is 7.92. The molecule has 0 saturated carbocycles. The van der Waals surface area contributed by atoms with Gasteiger partial charge in [0.2, 0.25) is 0 Å². The number of nitrogens with zero attached hydrogens (tertiary/aromatic N) is 1. The lowest BCUT2D eigenvalue weighted by atomic mass is 9.92. The predicted molar refractivity (Wildman–Crippen MR) is 82.8 cm³/mol. The minimum Gasteiger partial charge on any atom is -0.444 e. The Morgan fingerprint density at radius 2 is 2.00 bits per heavy atom. The Bertz CT molecular complexity index is 310. The third-order valence-corrected chi connectivity index (χ3v) is 3.58. The Kier molecular flexibility index (Phi) is 6.31. The maximum absolute atomic E-state index is 12.2. The second-order valence-electron chi connectivity index (χ2n) is 7.39. The summed E-state index contributed by atoms with van der Waals surface area (Å²) >= 11 is 0. The summed E-state index contributed by atoms with van der Waals surface area (Å²) in [5.41, 5.74) is -0.420. The highest BCUT2D eigenvalue weighted by Gasteiger charge is 2.31. The molecule has 1 amide bonds. The first kappa shape index (κ1) is 17.3. The summed E-state index contributed by atoms with van der Waals surface area (Å²) in [5, 5.41) is 3.58. The summed E-state index contributed by atoms with van der Waals surface area (Å²) in [4.78, 5) is 14.1. The topological polar surface area (TPSA) is 41.6 Å². The number of nitrogens with one attached hydrogen (secondary N) is 1. The van der Waals surface area contributed by atoms with Crippen LogP contribution in [0.2, 0.25) is 0 Å². The molecule has 1 saturated heterocycles. The van der Waals surface area contributed by atoms with Crippen molar-refractivity contribution in [2.45, 2.75) is 66.0 Å². The molecule has 4 heteroatoms. The molecular formula is C16H32N2O2. The van der Waals surface area contributed by atoms with E-state index in [2.05, 4.69) is 26.1 Å². The SMILES string of the molecule is CCC1CC(NCC(C)C)CN(C(=O)OC(C)(C)C)C1. The van der Waals surface area contributed by atoms with Gasteiger partial charge in [0.05, 0.1) is 0 Å². The van der Waals surface area contributed by atoms with Gasteiger partial charge >= 0.3 is 6.09 Å². The number of carbonyl (C=O) groups excluding carboxylic acids is 1. The third kappa shape index (κ3) is 6.12. The molecule has 4 nitrogen and oxygen atoms in total. The van der Waals surface area contributed by atoms with Gasteiger partial charge < -0.3 is 15.0 Å². The highest BCUT2D eigenvalue weighted by molar-refractivity contribution is 5.68. The van der Waals surface area contributed by atoms with Crippen LogP contribution in [0.5, 0.6) is 0 Å². The lowest BCUT2D eigenvalue weighted by Gasteiger charge is -2.38. The van der Waals surface area contributed by atoms with Gasteiger partial charge in [0.1, 0.15) is 5.60 Å². The van der Waals surface area contributed by atoms with Gasteiger partial charge in [0.25, 0.3) is 0 Å². The van der Waals surface area contributed by atoms with Crippen LogP contribution >= 0.6 is 0 Å². The van der Waals surface area contributed by atoms with Crippen LogP contribution in [-0.2, 0) is 4.74 Å². The second-order valence-corrected chi connectivity index (χ2v) is 7.39. The largest absolute Gasteiger partial charge is 0.444 e. The Balaban J connectivity index is 2.59. The molecule has 1 N–H and O–H groups in total. The summed E-state index contributed by atoms with van der Waals surface area (Å²) in [6, 6.07) is 0.392. The fourth-order valence-corrected chi connectivity index (χ4v) is 2.53. The summed E-state index contributed by atoms with van der Waals surface area (Å²) < 4.78 is 5.50. The van der Waals surface area contributed by atoms with Crippen molar-refractivity contribution in [3.05, 3.63) is 0 Å². The van der Waals surface area contributed by atoms with Crippen LogP contribution in [0.3, 0.4) is 0 Å². The maximum Gasteiger partial charge on any atom is 0.410 e.